The van der Waals surface area contributed by atoms with Crippen LogP contribution in [0.25, 0.3) is 5.57 Å². The van der Waals surface area contributed by atoms with Gasteiger partial charge in [0.2, 0.25) is 5.82 Å². The van der Waals surface area contributed by atoms with Crippen molar-refractivity contribution in [2.24, 2.45) is 17.8 Å². The fourth-order valence-corrected chi connectivity index (χ4v) is 4.43. The quantitative estimate of drug-likeness (QED) is 0.550. The van der Waals surface area contributed by atoms with Crippen LogP contribution < -0.4 is 4.74 Å². The van der Waals surface area contributed by atoms with Gasteiger partial charge in [0, 0.05) is 5.56 Å². The van der Waals surface area contributed by atoms with Gasteiger partial charge in [-0.15, -0.1) is 6.58 Å². The first kappa shape index (κ1) is 18.2. The lowest BCUT2D eigenvalue weighted by molar-refractivity contribution is 0.212. The van der Waals surface area contributed by atoms with E-state index in [4.69, 9.17) is 4.74 Å². The fraction of sp³-hybridized carbons (Fsp3) is 0.545. The van der Waals surface area contributed by atoms with Crippen molar-refractivity contribution in [2.45, 2.75) is 51.9 Å². The third kappa shape index (κ3) is 3.96. The monoisotopic (exact) mass is 346 g/mol. The first-order valence-electron chi connectivity index (χ1n) is 9.56. The maximum absolute atomic E-state index is 14.4. The molecule has 25 heavy (non-hydrogen) atoms. The minimum atomic E-state index is -0.870. The predicted molar refractivity (Wildman–Crippen MR) is 98.5 cm³/mol. The van der Waals surface area contributed by atoms with Crippen molar-refractivity contribution >= 4 is 5.57 Å². The first-order valence-corrected chi connectivity index (χ1v) is 9.56. The molecule has 0 aliphatic heterocycles. The molecule has 1 aromatic rings. The Morgan fingerprint density at radius 1 is 1.08 bits per heavy atom. The number of benzene rings is 1. The zero-order chi connectivity index (χ0) is 17.8. The van der Waals surface area contributed by atoms with Crippen LogP contribution >= 0.6 is 0 Å². The molecular weight excluding hydrogens is 318 g/mol. The van der Waals surface area contributed by atoms with Gasteiger partial charge in [-0.1, -0.05) is 12.2 Å². The highest BCUT2D eigenvalue weighted by atomic mass is 19.2. The standard InChI is InChI=1S/C22H28F2O/c1-3-15-5-7-16(8-6-15)17-9-11-18(12-10-17)19-13-14-20(25-4-2)22(24)21(19)23/h3,11,13-17H,1,4-10,12H2,2H3. The second kappa shape index (κ2) is 8.16. The van der Waals surface area contributed by atoms with Crippen molar-refractivity contribution in [1.29, 1.82) is 0 Å². The summed E-state index contributed by atoms with van der Waals surface area (Å²) in [6, 6.07) is 3.20. The summed E-state index contributed by atoms with van der Waals surface area (Å²) in [5, 5.41) is 0. The van der Waals surface area contributed by atoms with E-state index in [1.54, 1.807) is 19.1 Å². The van der Waals surface area contributed by atoms with E-state index in [9.17, 15) is 8.78 Å². The van der Waals surface area contributed by atoms with E-state index in [1.807, 2.05) is 0 Å². The highest BCUT2D eigenvalue weighted by Crippen LogP contribution is 2.42. The van der Waals surface area contributed by atoms with Crippen LogP contribution in [0.1, 0.15) is 57.4 Å². The molecule has 0 aromatic heterocycles. The lowest BCUT2D eigenvalue weighted by atomic mass is 9.71. The molecule has 0 spiro atoms. The SMILES string of the molecule is C=CC1CCC(C2CC=C(c3ccc(OCC)c(F)c3F)CC2)CC1. The summed E-state index contributed by atoms with van der Waals surface area (Å²) < 4.78 is 33.6. The molecule has 1 atom stereocenters. The van der Waals surface area contributed by atoms with E-state index >= 15 is 0 Å². The lowest BCUT2D eigenvalue weighted by Crippen LogP contribution is -2.22. The Morgan fingerprint density at radius 3 is 2.44 bits per heavy atom. The van der Waals surface area contributed by atoms with Crippen LogP contribution in [0.3, 0.4) is 0 Å². The maximum atomic E-state index is 14.4. The van der Waals surface area contributed by atoms with Crippen LogP contribution in [0, 0.1) is 29.4 Å². The molecule has 0 radical (unpaired) electrons. The summed E-state index contributed by atoms with van der Waals surface area (Å²) >= 11 is 0. The average Bonchev–Trinajstić information content (AvgIpc) is 2.66. The number of hydrogen-bond donors (Lipinski definition) is 0. The average molecular weight is 346 g/mol. The van der Waals surface area contributed by atoms with E-state index in [0.29, 0.717) is 24.0 Å². The molecule has 0 heterocycles. The van der Waals surface area contributed by atoms with E-state index in [-0.39, 0.29) is 5.75 Å². The molecule has 2 aliphatic rings. The molecule has 1 saturated carbocycles. The molecule has 136 valence electrons. The molecule has 1 unspecified atom stereocenters. The molecule has 1 aromatic carbocycles. The Bertz CT molecular complexity index is 642. The molecular formula is C22H28F2O. The highest BCUT2D eigenvalue weighted by Gasteiger charge is 2.28. The molecule has 1 fully saturated rings. The Balaban J connectivity index is 1.67. The van der Waals surface area contributed by atoms with E-state index in [2.05, 4.69) is 18.7 Å². The highest BCUT2D eigenvalue weighted by molar-refractivity contribution is 5.67. The van der Waals surface area contributed by atoms with Gasteiger partial charge in [-0.3, -0.25) is 0 Å². The molecule has 0 saturated heterocycles. The van der Waals surface area contributed by atoms with Gasteiger partial charge >= 0.3 is 0 Å². The first-order chi connectivity index (χ1) is 12.1. The molecule has 2 aliphatic carbocycles. The summed E-state index contributed by atoms with van der Waals surface area (Å²) in [6.45, 7) is 6.00. The molecule has 0 bridgehead atoms. The van der Waals surface area contributed by atoms with E-state index in [0.717, 1.165) is 30.8 Å². The summed E-state index contributed by atoms with van der Waals surface area (Å²) in [7, 11) is 0. The van der Waals surface area contributed by atoms with Gasteiger partial charge in [0.1, 0.15) is 0 Å². The number of hydrogen-bond acceptors (Lipinski definition) is 1. The normalized spacial score (nSPS) is 26.8. The topological polar surface area (TPSA) is 9.23 Å². The smallest absolute Gasteiger partial charge is 0.201 e. The number of halogens is 2. The summed E-state index contributed by atoms with van der Waals surface area (Å²) in [6.07, 6.45) is 12.2. The van der Waals surface area contributed by atoms with Crippen LogP contribution in [0.4, 0.5) is 8.78 Å². The van der Waals surface area contributed by atoms with Gasteiger partial charge in [-0.05, 0) is 87.3 Å². The van der Waals surface area contributed by atoms with Crippen LogP contribution in [0.5, 0.6) is 5.75 Å². The summed E-state index contributed by atoms with van der Waals surface area (Å²) in [5.41, 5.74) is 1.34. The predicted octanol–water partition coefficient (Wildman–Crippen LogP) is 6.54. The van der Waals surface area contributed by atoms with Crippen LogP contribution in [0.2, 0.25) is 0 Å². The number of allylic oxidation sites excluding steroid dienone is 3. The van der Waals surface area contributed by atoms with Gasteiger partial charge in [0.25, 0.3) is 0 Å². The van der Waals surface area contributed by atoms with Crippen molar-refractivity contribution in [3.8, 4) is 5.75 Å². The Labute approximate surface area is 149 Å². The molecule has 0 N–H and O–H groups in total. The van der Waals surface area contributed by atoms with Crippen LogP contribution in [-0.2, 0) is 0 Å². The van der Waals surface area contributed by atoms with Crippen molar-refractivity contribution in [3.05, 3.63) is 48.1 Å². The molecule has 1 nitrogen and oxygen atoms in total. The molecule has 3 heteroatoms. The second-order valence-corrected chi connectivity index (χ2v) is 7.35. The van der Waals surface area contributed by atoms with Crippen LogP contribution in [-0.4, -0.2) is 6.61 Å². The molecule has 3 rings (SSSR count). The van der Waals surface area contributed by atoms with Gasteiger partial charge in [-0.25, -0.2) is 4.39 Å². The third-order valence-corrected chi connectivity index (χ3v) is 5.96. The van der Waals surface area contributed by atoms with E-state index in [1.165, 1.54) is 25.7 Å². The van der Waals surface area contributed by atoms with Gasteiger partial charge in [0.05, 0.1) is 6.61 Å². The summed E-state index contributed by atoms with van der Waals surface area (Å²) in [4.78, 5) is 0. The molecule has 0 amide bonds. The van der Waals surface area contributed by atoms with Gasteiger partial charge in [-0.2, -0.15) is 4.39 Å². The zero-order valence-electron chi connectivity index (χ0n) is 15.1. The van der Waals surface area contributed by atoms with E-state index < -0.39 is 11.6 Å². The lowest BCUT2D eigenvalue weighted by Gasteiger charge is -2.34. The third-order valence-electron chi connectivity index (χ3n) is 5.96. The van der Waals surface area contributed by atoms with Crippen LogP contribution in [0.15, 0.2) is 30.9 Å². The minimum Gasteiger partial charge on any atom is -0.491 e. The fourth-order valence-electron chi connectivity index (χ4n) is 4.43. The Morgan fingerprint density at radius 2 is 1.84 bits per heavy atom. The summed E-state index contributed by atoms with van der Waals surface area (Å²) in [5.74, 6) is 0.497. The number of rotatable bonds is 5. The Kier molecular flexibility index (Phi) is 5.93. The number of ether oxygens (including phenoxy) is 1. The second-order valence-electron chi connectivity index (χ2n) is 7.35. The van der Waals surface area contributed by atoms with Crippen molar-refractivity contribution in [1.82, 2.24) is 0 Å². The van der Waals surface area contributed by atoms with Crippen molar-refractivity contribution < 1.29 is 13.5 Å². The van der Waals surface area contributed by atoms with Crippen molar-refractivity contribution in [3.63, 3.8) is 0 Å². The Hall–Kier alpha value is -1.64. The van der Waals surface area contributed by atoms with Gasteiger partial charge in [0.15, 0.2) is 11.6 Å². The maximum Gasteiger partial charge on any atom is 0.201 e. The zero-order valence-corrected chi connectivity index (χ0v) is 15.1. The van der Waals surface area contributed by atoms with Gasteiger partial charge < -0.3 is 4.74 Å². The largest absolute Gasteiger partial charge is 0.491 e. The van der Waals surface area contributed by atoms with Crippen molar-refractivity contribution in [2.75, 3.05) is 6.61 Å². The minimum absolute atomic E-state index is 0.00276.